The number of amides is 1. The SMILES string of the molecule is CN(CC1(O)CCCC1)C(=O)c1ccc(N)c(Cl)c1. The fourth-order valence-electron chi connectivity index (χ4n) is 2.59. The van der Waals surface area contributed by atoms with Gasteiger partial charge in [0.15, 0.2) is 0 Å². The van der Waals surface area contributed by atoms with E-state index in [1.54, 1.807) is 30.1 Å². The molecule has 0 radical (unpaired) electrons. The quantitative estimate of drug-likeness (QED) is 0.836. The molecule has 104 valence electrons. The van der Waals surface area contributed by atoms with Gasteiger partial charge in [0.25, 0.3) is 5.91 Å². The van der Waals surface area contributed by atoms with Gasteiger partial charge in [-0.1, -0.05) is 24.4 Å². The van der Waals surface area contributed by atoms with Crippen LogP contribution in [0.1, 0.15) is 36.0 Å². The van der Waals surface area contributed by atoms with E-state index in [2.05, 4.69) is 0 Å². The Kier molecular flexibility index (Phi) is 4.02. The van der Waals surface area contributed by atoms with Crippen LogP contribution in [0.3, 0.4) is 0 Å². The molecule has 1 aromatic carbocycles. The summed E-state index contributed by atoms with van der Waals surface area (Å²) in [5, 5.41) is 10.7. The lowest BCUT2D eigenvalue weighted by Gasteiger charge is -2.28. The molecule has 0 saturated heterocycles. The van der Waals surface area contributed by atoms with Gasteiger partial charge in [-0.3, -0.25) is 4.79 Å². The number of anilines is 1. The third-order valence-electron chi connectivity index (χ3n) is 3.66. The molecular formula is C14H19ClN2O2. The molecule has 0 atom stereocenters. The second-order valence-electron chi connectivity index (χ2n) is 5.33. The zero-order valence-corrected chi connectivity index (χ0v) is 11.8. The summed E-state index contributed by atoms with van der Waals surface area (Å²) < 4.78 is 0. The molecule has 1 aromatic rings. The zero-order valence-electron chi connectivity index (χ0n) is 11.0. The van der Waals surface area contributed by atoms with Gasteiger partial charge in [-0.15, -0.1) is 0 Å². The van der Waals surface area contributed by atoms with Gasteiger partial charge in [-0.25, -0.2) is 0 Å². The van der Waals surface area contributed by atoms with Gasteiger partial charge in [-0.2, -0.15) is 0 Å². The topological polar surface area (TPSA) is 66.6 Å². The summed E-state index contributed by atoms with van der Waals surface area (Å²) in [5.41, 5.74) is 5.83. The minimum Gasteiger partial charge on any atom is -0.398 e. The molecule has 1 fully saturated rings. The smallest absolute Gasteiger partial charge is 0.253 e. The average Bonchev–Trinajstić information content (AvgIpc) is 2.78. The Bertz CT molecular complexity index is 484. The number of hydrogen-bond donors (Lipinski definition) is 2. The Hall–Kier alpha value is -1.26. The zero-order chi connectivity index (χ0) is 14.0. The predicted octanol–water partition coefficient (Wildman–Crippen LogP) is 2.30. The van der Waals surface area contributed by atoms with Crippen molar-refractivity contribution in [2.45, 2.75) is 31.3 Å². The Morgan fingerprint density at radius 3 is 2.68 bits per heavy atom. The maximum atomic E-state index is 12.3. The van der Waals surface area contributed by atoms with Gasteiger partial charge >= 0.3 is 0 Å². The molecule has 1 amide bonds. The molecule has 2 rings (SSSR count). The van der Waals surface area contributed by atoms with Gasteiger partial charge in [0.2, 0.25) is 0 Å². The maximum Gasteiger partial charge on any atom is 0.253 e. The van der Waals surface area contributed by atoms with Crippen molar-refractivity contribution < 1.29 is 9.90 Å². The van der Waals surface area contributed by atoms with Crippen LogP contribution in [-0.2, 0) is 0 Å². The van der Waals surface area contributed by atoms with Crippen LogP contribution >= 0.6 is 11.6 Å². The number of nitrogens with zero attached hydrogens (tertiary/aromatic N) is 1. The number of rotatable bonds is 3. The summed E-state index contributed by atoms with van der Waals surface area (Å²) in [6, 6.07) is 4.83. The summed E-state index contributed by atoms with van der Waals surface area (Å²) in [6.45, 7) is 0.355. The van der Waals surface area contributed by atoms with Crippen molar-refractivity contribution in [2.75, 3.05) is 19.3 Å². The first-order valence-electron chi connectivity index (χ1n) is 6.44. The first kappa shape index (κ1) is 14.2. The van der Waals surface area contributed by atoms with E-state index in [-0.39, 0.29) is 5.91 Å². The van der Waals surface area contributed by atoms with Crippen LogP contribution in [-0.4, -0.2) is 35.1 Å². The van der Waals surface area contributed by atoms with Crippen LogP contribution in [0.15, 0.2) is 18.2 Å². The molecule has 0 bridgehead atoms. The molecule has 1 aliphatic carbocycles. The van der Waals surface area contributed by atoms with Crippen LogP contribution in [0.5, 0.6) is 0 Å². The van der Waals surface area contributed by atoms with Gasteiger partial charge in [0.1, 0.15) is 0 Å². The van der Waals surface area contributed by atoms with E-state index in [1.165, 1.54) is 0 Å². The van der Waals surface area contributed by atoms with E-state index in [1.807, 2.05) is 0 Å². The van der Waals surface area contributed by atoms with Crippen molar-refractivity contribution in [3.8, 4) is 0 Å². The van der Waals surface area contributed by atoms with Crippen molar-refractivity contribution in [3.05, 3.63) is 28.8 Å². The van der Waals surface area contributed by atoms with E-state index in [4.69, 9.17) is 17.3 Å². The van der Waals surface area contributed by atoms with Crippen molar-refractivity contribution in [1.29, 1.82) is 0 Å². The Morgan fingerprint density at radius 2 is 2.11 bits per heavy atom. The number of nitrogen functional groups attached to an aromatic ring is 1. The van der Waals surface area contributed by atoms with Crippen LogP contribution in [0.4, 0.5) is 5.69 Å². The molecule has 0 aliphatic heterocycles. The van der Waals surface area contributed by atoms with Crippen molar-refractivity contribution in [2.24, 2.45) is 0 Å². The van der Waals surface area contributed by atoms with E-state index in [0.717, 1.165) is 25.7 Å². The highest BCUT2D eigenvalue weighted by Gasteiger charge is 2.33. The molecule has 3 N–H and O–H groups in total. The number of carbonyl (C=O) groups excluding carboxylic acids is 1. The Labute approximate surface area is 118 Å². The van der Waals surface area contributed by atoms with Crippen LogP contribution in [0, 0.1) is 0 Å². The Balaban J connectivity index is 2.08. The van der Waals surface area contributed by atoms with Crippen LogP contribution < -0.4 is 5.73 Å². The average molecular weight is 283 g/mol. The third-order valence-corrected chi connectivity index (χ3v) is 3.99. The molecule has 0 aromatic heterocycles. The number of benzene rings is 1. The number of carbonyl (C=O) groups is 1. The first-order valence-corrected chi connectivity index (χ1v) is 6.82. The van der Waals surface area contributed by atoms with E-state index in [9.17, 15) is 9.90 Å². The molecule has 5 heteroatoms. The standard InChI is InChI=1S/C14H19ClN2O2/c1-17(9-14(19)6-2-3-7-14)13(18)10-4-5-12(16)11(15)8-10/h4-5,8,19H,2-3,6-7,9,16H2,1H3. The van der Waals surface area contributed by atoms with Crippen LogP contribution in [0.25, 0.3) is 0 Å². The maximum absolute atomic E-state index is 12.3. The highest BCUT2D eigenvalue weighted by Crippen LogP contribution is 2.30. The lowest BCUT2D eigenvalue weighted by molar-refractivity contribution is 0.0157. The summed E-state index contributed by atoms with van der Waals surface area (Å²) >= 11 is 5.92. The van der Waals surface area contributed by atoms with Crippen molar-refractivity contribution in [1.82, 2.24) is 4.90 Å². The van der Waals surface area contributed by atoms with E-state index >= 15 is 0 Å². The molecule has 0 heterocycles. The minimum atomic E-state index is -0.734. The normalized spacial score (nSPS) is 17.4. The fraction of sp³-hybridized carbons (Fsp3) is 0.500. The second-order valence-corrected chi connectivity index (χ2v) is 5.74. The van der Waals surface area contributed by atoms with E-state index in [0.29, 0.717) is 22.8 Å². The highest BCUT2D eigenvalue weighted by atomic mass is 35.5. The predicted molar refractivity (Wildman–Crippen MR) is 76.2 cm³/mol. The number of hydrogen-bond acceptors (Lipinski definition) is 3. The lowest BCUT2D eigenvalue weighted by Crippen LogP contribution is -2.42. The summed E-state index contributed by atoms with van der Waals surface area (Å²) in [7, 11) is 1.70. The summed E-state index contributed by atoms with van der Waals surface area (Å²) in [6.07, 6.45) is 3.55. The van der Waals surface area contributed by atoms with Crippen LogP contribution in [0.2, 0.25) is 5.02 Å². The molecule has 0 unspecified atom stereocenters. The van der Waals surface area contributed by atoms with Gasteiger partial charge < -0.3 is 15.7 Å². The van der Waals surface area contributed by atoms with Crippen molar-refractivity contribution >= 4 is 23.2 Å². The third kappa shape index (κ3) is 3.19. The van der Waals surface area contributed by atoms with Crippen molar-refractivity contribution in [3.63, 3.8) is 0 Å². The highest BCUT2D eigenvalue weighted by molar-refractivity contribution is 6.33. The second kappa shape index (κ2) is 5.39. The molecule has 19 heavy (non-hydrogen) atoms. The molecule has 1 aliphatic rings. The fourth-order valence-corrected chi connectivity index (χ4v) is 2.77. The lowest BCUT2D eigenvalue weighted by atomic mass is 10.0. The summed E-state index contributed by atoms with van der Waals surface area (Å²) in [5.74, 6) is -0.151. The van der Waals surface area contributed by atoms with Gasteiger partial charge in [0, 0.05) is 19.2 Å². The minimum absolute atomic E-state index is 0.151. The molecular weight excluding hydrogens is 264 g/mol. The largest absolute Gasteiger partial charge is 0.398 e. The number of nitrogens with two attached hydrogens (primary N) is 1. The number of halogens is 1. The Morgan fingerprint density at radius 1 is 1.47 bits per heavy atom. The number of aliphatic hydroxyl groups is 1. The molecule has 0 spiro atoms. The van der Waals surface area contributed by atoms with Gasteiger partial charge in [-0.05, 0) is 31.0 Å². The van der Waals surface area contributed by atoms with Gasteiger partial charge in [0.05, 0.1) is 16.3 Å². The molecule has 1 saturated carbocycles. The first-order chi connectivity index (χ1) is 8.91. The number of likely N-dealkylation sites (N-methyl/N-ethyl adjacent to an activating group) is 1. The van der Waals surface area contributed by atoms with E-state index < -0.39 is 5.60 Å². The molecule has 4 nitrogen and oxygen atoms in total. The summed E-state index contributed by atoms with van der Waals surface area (Å²) in [4.78, 5) is 13.8. The monoisotopic (exact) mass is 282 g/mol.